The molecule has 0 aliphatic heterocycles. The number of halogens is 1. The molecule has 1 aromatic heterocycles. The van der Waals surface area contributed by atoms with Crippen LogP contribution < -0.4 is 10.1 Å². The SMILES string of the molecule is COc1cccc(NC(=O)Cc2c(C)[nH]c3ccc(Br)cc23)c1. The van der Waals surface area contributed by atoms with Gasteiger partial charge in [-0.25, -0.2) is 0 Å². The van der Waals surface area contributed by atoms with Gasteiger partial charge in [0.15, 0.2) is 0 Å². The quantitative estimate of drug-likeness (QED) is 0.711. The number of aryl methyl sites for hydroxylation is 1. The zero-order valence-electron chi connectivity index (χ0n) is 12.9. The minimum absolute atomic E-state index is 0.0535. The molecule has 0 aliphatic carbocycles. The highest BCUT2D eigenvalue weighted by Gasteiger charge is 2.13. The molecule has 1 amide bonds. The molecule has 0 fully saturated rings. The molecule has 118 valence electrons. The van der Waals surface area contributed by atoms with Gasteiger partial charge in [0.25, 0.3) is 0 Å². The van der Waals surface area contributed by atoms with Gasteiger partial charge in [0.1, 0.15) is 5.75 Å². The molecule has 2 N–H and O–H groups in total. The topological polar surface area (TPSA) is 54.1 Å². The molecule has 0 unspecified atom stereocenters. The first kappa shape index (κ1) is 15.6. The Bertz CT molecular complexity index is 871. The second-order valence-electron chi connectivity index (χ2n) is 5.38. The standard InChI is InChI=1S/C18H17BrN2O2/c1-11-15(16-8-12(19)6-7-17(16)20-11)10-18(22)21-13-4-3-5-14(9-13)23-2/h3-9,20H,10H2,1-2H3,(H,21,22). The first-order chi connectivity index (χ1) is 11.1. The number of ether oxygens (including phenoxy) is 1. The van der Waals surface area contributed by atoms with Crippen molar-refractivity contribution in [3.05, 3.63) is 58.2 Å². The maximum atomic E-state index is 12.4. The lowest BCUT2D eigenvalue weighted by Gasteiger charge is -2.07. The van der Waals surface area contributed by atoms with E-state index >= 15 is 0 Å². The van der Waals surface area contributed by atoms with Crippen molar-refractivity contribution in [1.82, 2.24) is 4.98 Å². The highest BCUT2D eigenvalue weighted by Crippen LogP contribution is 2.26. The third-order valence-electron chi connectivity index (χ3n) is 3.77. The number of amides is 1. The van der Waals surface area contributed by atoms with Gasteiger partial charge in [-0.15, -0.1) is 0 Å². The van der Waals surface area contributed by atoms with Crippen molar-refractivity contribution in [2.24, 2.45) is 0 Å². The number of aromatic amines is 1. The zero-order valence-corrected chi connectivity index (χ0v) is 14.5. The predicted molar refractivity (Wildman–Crippen MR) is 96.1 cm³/mol. The molecule has 4 nitrogen and oxygen atoms in total. The van der Waals surface area contributed by atoms with Crippen molar-refractivity contribution in [1.29, 1.82) is 0 Å². The van der Waals surface area contributed by atoms with Crippen LogP contribution in [0.3, 0.4) is 0 Å². The molecular weight excluding hydrogens is 356 g/mol. The lowest BCUT2D eigenvalue weighted by Crippen LogP contribution is -2.14. The van der Waals surface area contributed by atoms with Crippen molar-refractivity contribution in [3.63, 3.8) is 0 Å². The minimum Gasteiger partial charge on any atom is -0.497 e. The zero-order chi connectivity index (χ0) is 16.4. The van der Waals surface area contributed by atoms with Crippen molar-refractivity contribution in [2.75, 3.05) is 12.4 Å². The predicted octanol–water partition coefficient (Wildman–Crippen LogP) is 4.43. The van der Waals surface area contributed by atoms with Crippen molar-refractivity contribution >= 4 is 38.4 Å². The van der Waals surface area contributed by atoms with Crippen LogP contribution in [-0.2, 0) is 11.2 Å². The lowest BCUT2D eigenvalue weighted by molar-refractivity contribution is -0.115. The summed E-state index contributed by atoms with van der Waals surface area (Å²) in [6.07, 6.45) is 0.319. The molecular formula is C18H17BrN2O2. The Kier molecular flexibility index (Phi) is 4.39. The molecule has 0 saturated heterocycles. The van der Waals surface area contributed by atoms with Crippen LogP contribution in [0.1, 0.15) is 11.3 Å². The van der Waals surface area contributed by atoms with Gasteiger partial charge < -0.3 is 15.0 Å². The van der Waals surface area contributed by atoms with E-state index in [0.29, 0.717) is 6.42 Å². The number of aromatic nitrogens is 1. The first-order valence-electron chi connectivity index (χ1n) is 7.27. The molecule has 23 heavy (non-hydrogen) atoms. The summed E-state index contributed by atoms with van der Waals surface area (Å²) in [6, 6.07) is 13.4. The molecule has 0 saturated carbocycles. The number of rotatable bonds is 4. The van der Waals surface area contributed by atoms with Gasteiger partial charge in [-0.05, 0) is 42.8 Å². The van der Waals surface area contributed by atoms with Gasteiger partial charge >= 0.3 is 0 Å². The number of H-pyrrole nitrogens is 1. The fraction of sp³-hybridized carbons (Fsp3) is 0.167. The molecule has 0 atom stereocenters. The number of nitrogens with one attached hydrogen (secondary N) is 2. The van der Waals surface area contributed by atoms with Gasteiger partial charge in [0.05, 0.1) is 13.5 Å². The Morgan fingerprint density at radius 3 is 2.87 bits per heavy atom. The van der Waals surface area contributed by atoms with Crippen LogP contribution in [-0.4, -0.2) is 18.0 Å². The summed E-state index contributed by atoms with van der Waals surface area (Å²) in [5.74, 6) is 0.664. The van der Waals surface area contributed by atoms with Crippen LogP contribution in [0, 0.1) is 6.92 Å². The normalized spacial score (nSPS) is 10.7. The molecule has 0 bridgehead atoms. The Hall–Kier alpha value is -2.27. The summed E-state index contributed by atoms with van der Waals surface area (Å²) >= 11 is 3.48. The van der Waals surface area contributed by atoms with E-state index in [9.17, 15) is 4.79 Å². The average molecular weight is 373 g/mol. The maximum absolute atomic E-state index is 12.4. The van der Waals surface area contributed by atoms with E-state index in [4.69, 9.17) is 4.74 Å². The molecule has 0 spiro atoms. The van der Waals surface area contributed by atoms with E-state index in [1.165, 1.54) is 0 Å². The third kappa shape index (κ3) is 3.40. The average Bonchev–Trinajstić information content (AvgIpc) is 2.83. The van der Waals surface area contributed by atoms with E-state index in [-0.39, 0.29) is 5.91 Å². The maximum Gasteiger partial charge on any atom is 0.228 e. The molecule has 2 aromatic carbocycles. The highest BCUT2D eigenvalue weighted by atomic mass is 79.9. The molecule has 1 heterocycles. The van der Waals surface area contributed by atoms with Gasteiger partial charge in [-0.1, -0.05) is 22.0 Å². The van der Waals surface area contributed by atoms with E-state index in [1.54, 1.807) is 13.2 Å². The van der Waals surface area contributed by atoms with E-state index < -0.39 is 0 Å². The number of hydrogen-bond acceptors (Lipinski definition) is 2. The molecule has 3 aromatic rings. The number of hydrogen-bond donors (Lipinski definition) is 2. The summed E-state index contributed by atoms with van der Waals surface area (Å²) in [7, 11) is 1.61. The van der Waals surface area contributed by atoms with Crippen LogP contribution >= 0.6 is 15.9 Å². The van der Waals surface area contributed by atoms with E-state index in [1.807, 2.05) is 43.3 Å². The van der Waals surface area contributed by atoms with Gasteiger partial charge in [0, 0.05) is 32.8 Å². The molecule has 3 rings (SSSR count). The minimum atomic E-state index is -0.0535. The summed E-state index contributed by atoms with van der Waals surface area (Å²) in [4.78, 5) is 15.7. The number of benzene rings is 2. The van der Waals surface area contributed by atoms with E-state index in [2.05, 4.69) is 26.2 Å². The third-order valence-corrected chi connectivity index (χ3v) is 4.27. The second kappa shape index (κ2) is 6.46. The Morgan fingerprint density at radius 1 is 1.26 bits per heavy atom. The van der Waals surface area contributed by atoms with Crippen LogP contribution in [0.15, 0.2) is 46.9 Å². The number of anilines is 1. The van der Waals surface area contributed by atoms with Crippen molar-refractivity contribution in [3.8, 4) is 5.75 Å². The molecule has 0 aliphatic rings. The Balaban J connectivity index is 1.82. The summed E-state index contributed by atoms with van der Waals surface area (Å²) < 4.78 is 6.17. The van der Waals surface area contributed by atoms with Crippen molar-refractivity contribution < 1.29 is 9.53 Å². The Morgan fingerprint density at radius 2 is 2.09 bits per heavy atom. The number of carbonyl (C=O) groups is 1. The van der Waals surface area contributed by atoms with Crippen LogP contribution in [0.2, 0.25) is 0 Å². The lowest BCUT2D eigenvalue weighted by atomic mass is 10.1. The number of carbonyl (C=O) groups excluding carboxylic acids is 1. The summed E-state index contributed by atoms with van der Waals surface area (Å²) in [6.45, 7) is 1.99. The smallest absolute Gasteiger partial charge is 0.228 e. The molecule has 0 radical (unpaired) electrons. The largest absolute Gasteiger partial charge is 0.497 e. The first-order valence-corrected chi connectivity index (χ1v) is 8.06. The second-order valence-corrected chi connectivity index (χ2v) is 6.29. The fourth-order valence-electron chi connectivity index (χ4n) is 2.65. The number of methoxy groups -OCH3 is 1. The van der Waals surface area contributed by atoms with Crippen molar-refractivity contribution in [2.45, 2.75) is 13.3 Å². The summed E-state index contributed by atoms with van der Waals surface area (Å²) in [5, 5.41) is 3.98. The van der Waals surface area contributed by atoms with Gasteiger partial charge in [-0.3, -0.25) is 4.79 Å². The summed E-state index contributed by atoms with van der Waals surface area (Å²) in [5.41, 5.74) is 3.79. The number of fused-ring (bicyclic) bond motifs is 1. The fourth-order valence-corrected chi connectivity index (χ4v) is 3.01. The van der Waals surface area contributed by atoms with Crippen LogP contribution in [0.25, 0.3) is 10.9 Å². The monoisotopic (exact) mass is 372 g/mol. The van der Waals surface area contributed by atoms with Crippen LogP contribution in [0.4, 0.5) is 5.69 Å². The van der Waals surface area contributed by atoms with E-state index in [0.717, 1.165) is 38.1 Å². The molecule has 5 heteroatoms. The van der Waals surface area contributed by atoms with Gasteiger partial charge in [0.2, 0.25) is 5.91 Å². The van der Waals surface area contributed by atoms with Gasteiger partial charge in [-0.2, -0.15) is 0 Å². The Labute approximate surface area is 143 Å². The highest BCUT2D eigenvalue weighted by molar-refractivity contribution is 9.10. The van der Waals surface area contributed by atoms with Crippen LogP contribution in [0.5, 0.6) is 5.75 Å².